The van der Waals surface area contributed by atoms with Crippen LogP contribution in [0.5, 0.6) is 0 Å². The number of hydrogen-bond donors (Lipinski definition) is 2. The fourth-order valence-corrected chi connectivity index (χ4v) is 2.65. The van der Waals surface area contributed by atoms with Gasteiger partial charge in [0.2, 0.25) is 0 Å². The maximum atomic E-state index is 12.0. The van der Waals surface area contributed by atoms with E-state index >= 15 is 0 Å². The Morgan fingerprint density at radius 3 is 2.73 bits per heavy atom. The molecule has 2 aliphatic rings. The van der Waals surface area contributed by atoms with E-state index in [1.165, 1.54) is 0 Å². The van der Waals surface area contributed by atoms with Gasteiger partial charge in [0.1, 0.15) is 6.10 Å². The third kappa shape index (κ3) is 7.44. The minimum atomic E-state index is -0.362. The fraction of sp³-hybridized carbons (Fsp3) is 0.929. The topological polar surface area (TPSA) is 62.8 Å². The molecule has 2 atom stereocenters. The van der Waals surface area contributed by atoms with Gasteiger partial charge in [-0.05, 0) is 5.92 Å². The maximum absolute atomic E-state index is 12.0. The van der Waals surface area contributed by atoms with Crippen molar-refractivity contribution in [2.75, 3.05) is 52.5 Å². The number of nitrogens with one attached hydrogen (secondary N) is 2. The lowest BCUT2D eigenvalue weighted by atomic mass is 10.2. The van der Waals surface area contributed by atoms with E-state index in [2.05, 4.69) is 29.4 Å². The first-order valence-electron chi connectivity index (χ1n) is 7.59. The van der Waals surface area contributed by atoms with Crippen LogP contribution in [0.4, 0.5) is 0 Å². The summed E-state index contributed by atoms with van der Waals surface area (Å²) in [5.41, 5.74) is 0. The number of ether oxygens (including phenoxy) is 2. The van der Waals surface area contributed by atoms with Crippen LogP contribution in [-0.4, -0.2) is 75.5 Å². The van der Waals surface area contributed by atoms with Crippen LogP contribution in [0.15, 0.2) is 0 Å². The van der Waals surface area contributed by atoms with E-state index in [9.17, 15) is 4.79 Å². The number of rotatable bonds is 5. The number of carbonyl (C=O) groups is 1. The van der Waals surface area contributed by atoms with E-state index in [1.807, 2.05) is 0 Å². The summed E-state index contributed by atoms with van der Waals surface area (Å²) in [6.07, 6.45) is -0.276. The van der Waals surface area contributed by atoms with E-state index in [0.29, 0.717) is 25.6 Å². The normalized spacial score (nSPS) is 26.0. The van der Waals surface area contributed by atoms with Crippen LogP contribution in [0, 0.1) is 5.92 Å². The van der Waals surface area contributed by atoms with Crippen molar-refractivity contribution in [1.82, 2.24) is 15.5 Å². The van der Waals surface area contributed by atoms with Gasteiger partial charge in [-0.25, -0.2) is 0 Å². The van der Waals surface area contributed by atoms with Gasteiger partial charge in [0, 0.05) is 39.3 Å². The first kappa shape index (κ1) is 21.9. The molecule has 2 heterocycles. The fourth-order valence-electron chi connectivity index (χ4n) is 2.65. The Morgan fingerprint density at radius 2 is 2.09 bits per heavy atom. The molecule has 2 N–H and O–H groups in total. The van der Waals surface area contributed by atoms with Gasteiger partial charge >= 0.3 is 0 Å². The minimum Gasteiger partial charge on any atom is -0.374 e. The molecular formula is C14H29Cl2N3O3. The molecule has 2 fully saturated rings. The summed E-state index contributed by atoms with van der Waals surface area (Å²) < 4.78 is 11.1. The van der Waals surface area contributed by atoms with Crippen molar-refractivity contribution < 1.29 is 14.3 Å². The lowest BCUT2D eigenvalue weighted by molar-refractivity contribution is -0.135. The van der Waals surface area contributed by atoms with Crippen LogP contribution in [0.25, 0.3) is 0 Å². The largest absolute Gasteiger partial charge is 0.374 e. The molecular weight excluding hydrogens is 329 g/mol. The lowest BCUT2D eigenvalue weighted by Crippen LogP contribution is -2.52. The third-order valence-corrected chi connectivity index (χ3v) is 3.57. The van der Waals surface area contributed by atoms with Crippen LogP contribution in [0.3, 0.4) is 0 Å². The zero-order valence-corrected chi connectivity index (χ0v) is 15.0. The highest BCUT2D eigenvalue weighted by Crippen LogP contribution is 2.07. The van der Waals surface area contributed by atoms with Crippen molar-refractivity contribution in [3.05, 3.63) is 0 Å². The van der Waals surface area contributed by atoms with Crippen molar-refractivity contribution >= 4 is 30.7 Å². The number of amides is 1. The minimum absolute atomic E-state index is 0. The Balaban J connectivity index is 0.00000220. The molecule has 0 radical (unpaired) electrons. The summed E-state index contributed by atoms with van der Waals surface area (Å²) in [5.74, 6) is 0.617. The van der Waals surface area contributed by atoms with Gasteiger partial charge in [-0.1, -0.05) is 13.8 Å². The molecule has 132 valence electrons. The first-order valence-corrected chi connectivity index (χ1v) is 7.59. The smallest absolute Gasteiger partial charge is 0.250 e. The highest BCUT2D eigenvalue weighted by molar-refractivity contribution is 5.85. The van der Waals surface area contributed by atoms with Crippen LogP contribution in [-0.2, 0) is 14.3 Å². The Kier molecular flexibility index (Phi) is 11.4. The molecule has 2 aliphatic heterocycles. The van der Waals surface area contributed by atoms with Crippen LogP contribution in [0.1, 0.15) is 13.8 Å². The summed E-state index contributed by atoms with van der Waals surface area (Å²) in [4.78, 5) is 14.4. The first-order chi connectivity index (χ1) is 9.65. The number of carbonyl (C=O) groups excluding carboxylic acids is 1. The molecule has 0 aromatic rings. The van der Waals surface area contributed by atoms with Gasteiger partial charge in [-0.15, -0.1) is 24.8 Å². The number of nitrogens with zero attached hydrogens (tertiary/aromatic N) is 1. The Bertz CT molecular complexity index is 316. The zero-order valence-electron chi connectivity index (χ0n) is 13.4. The predicted molar refractivity (Wildman–Crippen MR) is 91.1 cm³/mol. The van der Waals surface area contributed by atoms with Gasteiger partial charge in [-0.3, -0.25) is 9.69 Å². The van der Waals surface area contributed by atoms with Crippen molar-refractivity contribution in [3.63, 3.8) is 0 Å². The van der Waals surface area contributed by atoms with E-state index in [-0.39, 0.29) is 42.9 Å². The summed E-state index contributed by atoms with van der Waals surface area (Å²) >= 11 is 0. The second-order valence-corrected chi connectivity index (χ2v) is 5.95. The molecule has 2 rings (SSSR count). The quantitative estimate of drug-likeness (QED) is 0.740. The molecule has 1 amide bonds. The van der Waals surface area contributed by atoms with E-state index < -0.39 is 0 Å². The average Bonchev–Trinajstić information content (AvgIpc) is 2.45. The number of halogens is 2. The molecule has 0 bridgehead atoms. The third-order valence-electron chi connectivity index (χ3n) is 3.57. The van der Waals surface area contributed by atoms with E-state index in [0.717, 1.165) is 32.8 Å². The van der Waals surface area contributed by atoms with E-state index in [1.54, 1.807) is 0 Å². The highest BCUT2D eigenvalue weighted by atomic mass is 35.5. The molecule has 6 nitrogen and oxygen atoms in total. The summed E-state index contributed by atoms with van der Waals surface area (Å²) in [7, 11) is 0. The molecule has 0 aromatic heterocycles. The molecule has 2 unspecified atom stereocenters. The molecule has 2 saturated heterocycles. The molecule has 0 aliphatic carbocycles. The SMILES string of the molecule is CC(C)CN1CCOC(CNC(=O)C2CNCCO2)C1.Cl.Cl. The Morgan fingerprint density at radius 1 is 1.32 bits per heavy atom. The highest BCUT2D eigenvalue weighted by Gasteiger charge is 2.25. The van der Waals surface area contributed by atoms with Crippen molar-refractivity contribution in [1.29, 1.82) is 0 Å². The maximum Gasteiger partial charge on any atom is 0.250 e. The second-order valence-electron chi connectivity index (χ2n) is 5.95. The van der Waals surface area contributed by atoms with Crippen LogP contribution < -0.4 is 10.6 Å². The van der Waals surface area contributed by atoms with Crippen LogP contribution in [0.2, 0.25) is 0 Å². The number of morpholine rings is 2. The predicted octanol–water partition coefficient (Wildman–Crippen LogP) is 0.291. The van der Waals surface area contributed by atoms with Gasteiger partial charge in [0.25, 0.3) is 5.91 Å². The van der Waals surface area contributed by atoms with Gasteiger partial charge in [-0.2, -0.15) is 0 Å². The molecule has 0 aromatic carbocycles. The zero-order chi connectivity index (χ0) is 14.4. The summed E-state index contributed by atoms with van der Waals surface area (Å²) in [5, 5.41) is 6.10. The molecule has 0 spiro atoms. The number of hydrogen-bond acceptors (Lipinski definition) is 5. The molecule has 22 heavy (non-hydrogen) atoms. The van der Waals surface area contributed by atoms with E-state index in [4.69, 9.17) is 9.47 Å². The molecule has 8 heteroatoms. The van der Waals surface area contributed by atoms with Gasteiger partial charge in [0.05, 0.1) is 19.3 Å². The lowest BCUT2D eigenvalue weighted by Gasteiger charge is -2.34. The summed E-state index contributed by atoms with van der Waals surface area (Å²) in [6.45, 7) is 10.7. The standard InChI is InChI=1S/C14H27N3O3.2ClH/c1-11(2)9-17-4-6-19-12(10-17)7-16-14(18)13-8-15-3-5-20-13;;/h11-13,15H,3-10H2,1-2H3,(H,16,18);2*1H. The molecule has 0 saturated carbocycles. The van der Waals surface area contributed by atoms with Gasteiger partial charge in [0.15, 0.2) is 0 Å². The Labute approximate surface area is 145 Å². The van der Waals surface area contributed by atoms with Crippen LogP contribution >= 0.6 is 24.8 Å². The second kappa shape index (κ2) is 11.4. The average molecular weight is 358 g/mol. The monoisotopic (exact) mass is 357 g/mol. The van der Waals surface area contributed by atoms with Crippen molar-refractivity contribution in [2.45, 2.75) is 26.1 Å². The van der Waals surface area contributed by atoms with Crippen molar-refractivity contribution in [3.8, 4) is 0 Å². The Hall–Kier alpha value is -0.110. The summed E-state index contributed by atoms with van der Waals surface area (Å²) in [6, 6.07) is 0. The van der Waals surface area contributed by atoms with Crippen molar-refractivity contribution in [2.24, 2.45) is 5.92 Å². The van der Waals surface area contributed by atoms with Gasteiger partial charge < -0.3 is 20.1 Å².